The first-order valence-electron chi connectivity index (χ1n) is 4.20. The number of hydrogen-bond acceptors (Lipinski definition) is 3. The van der Waals surface area contributed by atoms with E-state index in [4.69, 9.17) is 9.84 Å². The van der Waals surface area contributed by atoms with Gasteiger partial charge in [0.25, 0.3) is 0 Å². The molecule has 0 amide bonds. The van der Waals surface area contributed by atoms with Crippen LogP contribution < -0.4 is 0 Å². The van der Waals surface area contributed by atoms with Crippen molar-refractivity contribution in [1.82, 2.24) is 4.90 Å². The first-order valence-corrected chi connectivity index (χ1v) is 4.20. The second-order valence-corrected chi connectivity index (χ2v) is 3.29. The van der Waals surface area contributed by atoms with Gasteiger partial charge in [-0.2, -0.15) is 0 Å². The van der Waals surface area contributed by atoms with Crippen molar-refractivity contribution in [3.63, 3.8) is 0 Å². The number of β-amino-alcohol motifs (C(OH)–C–C–N with tert-alkyl or cyclic N) is 1. The summed E-state index contributed by atoms with van der Waals surface area (Å²) in [6, 6.07) is 0. The molecule has 3 nitrogen and oxygen atoms in total. The first kappa shape index (κ1) is 8.97. The molecular weight excluding hydrogens is 142 g/mol. The standard InChI is InChI=1S/C8H17NO2/c1-7(10)5-9-3-4-11-8(2)6-9/h7-8,10H,3-6H2,1-2H3/t7-,8?/m0/s1. The summed E-state index contributed by atoms with van der Waals surface area (Å²) < 4.78 is 5.37. The summed E-state index contributed by atoms with van der Waals surface area (Å²) in [5.74, 6) is 0. The number of nitrogens with zero attached hydrogens (tertiary/aromatic N) is 1. The zero-order chi connectivity index (χ0) is 8.27. The third kappa shape index (κ3) is 3.18. The van der Waals surface area contributed by atoms with Gasteiger partial charge in [0.2, 0.25) is 0 Å². The van der Waals surface area contributed by atoms with Crippen molar-refractivity contribution in [3.05, 3.63) is 0 Å². The third-order valence-corrected chi connectivity index (χ3v) is 1.85. The molecule has 3 heteroatoms. The van der Waals surface area contributed by atoms with Gasteiger partial charge >= 0.3 is 0 Å². The lowest BCUT2D eigenvalue weighted by Crippen LogP contribution is -2.43. The molecule has 0 aromatic rings. The molecule has 1 unspecified atom stereocenters. The lowest BCUT2D eigenvalue weighted by atomic mass is 10.2. The fourth-order valence-electron chi connectivity index (χ4n) is 1.43. The molecular formula is C8H17NO2. The van der Waals surface area contributed by atoms with E-state index in [0.29, 0.717) is 6.10 Å². The highest BCUT2D eigenvalue weighted by molar-refractivity contribution is 4.69. The molecule has 1 aliphatic rings. The van der Waals surface area contributed by atoms with Crippen molar-refractivity contribution in [2.45, 2.75) is 26.1 Å². The fraction of sp³-hybridized carbons (Fsp3) is 1.00. The van der Waals surface area contributed by atoms with Gasteiger partial charge in [-0.25, -0.2) is 0 Å². The zero-order valence-electron chi connectivity index (χ0n) is 7.29. The number of aliphatic hydroxyl groups excluding tert-OH is 1. The minimum atomic E-state index is -0.222. The normalized spacial score (nSPS) is 30.3. The Labute approximate surface area is 68.0 Å². The van der Waals surface area contributed by atoms with Crippen LogP contribution in [0.2, 0.25) is 0 Å². The Bertz CT molecular complexity index is 115. The lowest BCUT2D eigenvalue weighted by Gasteiger charge is -2.31. The average molecular weight is 159 g/mol. The van der Waals surface area contributed by atoms with E-state index in [1.54, 1.807) is 0 Å². The largest absolute Gasteiger partial charge is 0.392 e. The molecule has 0 saturated carbocycles. The number of ether oxygens (including phenoxy) is 1. The monoisotopic (exact) mass is 159 g/mol. The Morgan fingerprint density at radius 3 is 3.00 bits per heavy atom. The Morgan fingerprint density at radius 2 is 2.45 bits per heavy atom. The predicted molar refractivity (Wildman–Crippen MR) is 43.5 cm³/mol. The quantitative estimate of drug-likeness (QED) is 0.619. The highest BCUT2D eigenvalue weighted by atomic mass is 16.5. The van der Waals surface area contributed by atoms with Crippen LogP contribution in [0.15, 0.2) is 0 Å². The van der Waals surface area contributed by atoms with Gasteiger partial charge in [0.15, 0.2) is 0 Å². The van der Waals surface area contributed by atoms with E-state index in [9.17, 15) is 0 Å². The Morgan fingerprint density at radius 1 is 1.73 bits per heavy atom. The van der Waals surface area contributed by atoms with Gasteiger partial charge in [0.1, 0.15) is 0 Å². The summed E-state index contributed by atoms with van der Waals surface area (Å²) in [5, 5.41) is 9.11. The molecule has 66 valence electrons. The lowest BCUT2D eigenvalue weighted by molar-refractivity contribution is -0.0296. The Kier molecular flexibility index (Phi) is 3.30. The smallest absolute Gasteiger partial charge is 0.0674 e. The van der Waals surface area contributed by atoms with E-state index < -0.39 is 0 Å². The van der Waals surface area contributed by atoms with Crippen LogP contribution in [0.25, 0.3) is 0 Å². The first-order chi connectivity index (χ1) is 5.18. The maximum absolute atomic E-state index is 9.11. The number of hydrogen-bond donors (Lipinski definition) is 1. The molecule has 0 radical (unpaired) electrons. The van der Waals surface area contributed by atoms with Gasteiger partial charge in [-0.05, 0) is 13.8 Å². The van der Waals surface area contributed by atoms with Gasteiger partial charge in [-0.3, -0.25) is 4.90 Å². The van der Waals surface area contributed by atoms with Crippen LogP contribution in [0.3, 0.4) is 0 Å². The molecule has 0 spiro atoms. The van der Waals surface area contributed by atoms with Crippen LogP contribution in [0.1, 0.15) is 13.8 Å². The van der Waals surface area contributed by atoms with Crippen LogP contribution in [0.5, 0.6) is 0 Å². The molecule has 1 aliphatic heterocycles. The number of rotatable bonds is 2. The summed E-state index contributed by atoms with van der Waals surface area (Å²) >= 11 is 0. The maximum Gasteiger partial charge on any atom is 0.0674 e. The molecule has 1 saturated heterocycles. The molecule has 0 aliphatic carbocycles. The number of aliphatic hydroxyl groups is 1. The van der Waals surface area contributed by atoms with E-state index in [2.05, 4.69) is 11.8 Å². The fourth-order valence-corrected chi connectivity index (χ4v) is 1.43. The second kappa shape index (κ2) is 4.04. The zero-order valence-corrected chi connectivity index (χ0v) is 7.29. The molecule has 0 bridgehead atoms. The van der Waals surface area contributed by atoms with Crippen LogP contribution in [0.4, 0.5) is 0 Å². The molecule has 1 heterocycles. The minimum Gasteiger partial charge on any atom is -0.392 e. The SMILES string of the molecule is CC1CN(C[C@H](C)O)CCO1. The molecule has 11 heavy (non-hydrogen) atoms. The summed E-state index contributed by atoms with van der Waals surface area (Å²) in [5.41, 5.74) is 0. The molecule has 2 atom stereocenters. The van der Waals surface area contributed by atoms with Crippen molar-refractivity contribution < 1.29 is 9.84 Å². The summed E-state index contributed by atoms with van der Waals surface area (Å²) in [4.78, 5) is 2.23. The third-order valence-electron chi connectivity index (χ3n) is 1.85. The maximum atomic E-state index is 9.11. The van der Waals surface area contributed by atoms with Gasteiger partial charge < -0.3 is 9.84 Å². The summed E-state index contributed by atoms with van der Waals surface area (Å²) in [6.07, 6.45) is 0.0998. The van der Waals surface area contributed by atoms with Crippen molar-refractivity contribution in [1.29, 1.82) is 0 Å². The van der Waals surface area contributed by atoms with Crippen molar-refractivity contribution in [2.24, 2.45) is 0 Å². The average Bonchev–Trinajstić information content (AvgIpc) is 1.85. The molecule has 0 aromatic carbocycles. The van der Waals surface area contributed by atoms with Gasteiger partial charge in [0.05, 0.1) is 18.8 Å². The van der Waals surface area contributed by atoms with Gasteiger partial charge in [-0.1, -0.05) is 0 Å². The van der Waals surface area contributed by atoms with Gasteiger partial charge in [-0.15, -0.1) is 0 Å². The summed E-state index contributed by atoms with van der Waals surface area (Å²) in [7, 11) is 0. The van der Waals surface area contributed by atoms with Crippen molar-refractivity contribution in [2.75, 3.05) is 26.2 Å². The topological polar surface area (TPSA) is 32.7 Å². The van der Waals surface area contributed by atoms with Crippen molar-refractivity contribution in [3.8, 4) is 0 Å². The van der Waals surface area contributed by atoms with E-state index in [0.717, 1.165) is 26.2 Å². The Hall–Kier alpha value is -0.120. The van der Waals surface area contributed by atoms with E-state index in [1.807, 2.05) is 6.92 Å². The van der Waals surface area contributed by atoms with E-state index in [1.165, 1.54) is 0 Å². The Balaban J connectivity index is 2.23. The molecule has 0 aromatic heterocycles. The minimum absolute atomic E-state index is 0.222. The van der Waals surface area contributed by atoms with Crippen LogP contribution in [-0.4, -0.2) is 48.5 Å². The van der Waals surface area contributed by atoms with E-state index >= 15 is 0 Å². The highest BCUT2D eigenvalue weighted by Crippen LogP contribution is 2.04. The van der Waals surface area contributed by atoms with Crippen LogP contribution in [-0.2, 0) is 4.74 Å². The van der Waals surface area contributed by atoms with Gasteiger partial charge in [0, 0.05) is 19.6 Å². The highest BCUT2D eigenvalue weighted by Gasteiger charge is 2.17. The summed E-state index contributed by atoms with van der Waals surface area (Å²) in [6.45, 7) is 7.36. The predicted octanol–water partition coefficient (Wildman–Crippen LogP) is 0.0879. The number of morpholine rings is 1. The second-order valence-electron chi connectivity index (χ2n) is 3.29. The molecule has 1 N–H and O–H groups in total. The van der Waals surface area contributed by atoms with E-state index in [-0.39, 0.29) is 6.10 Å². The molecule has 1 rings (SSSR count). The van der Waals surface area contributed by atoms with Crippen LogP contribution >= 0.6 is 0 Å². The molecule has 1 fully saturated rings. The van der Waals surface area contributed by atoms with Crippen LogP contribution in [0, 0.1) is 0 Å². The van der Waals surface area contributed by atoms with Crippen molar-refractivity contribution >= 4 is 0 Å².